The zero-order valence-corrected chi connectivity index (χ0v) is 12.7. The molecule has 0 aliphatic rings. The Bertz CT molecular complexity index is 617. The number of ether oxygens (including phenoxy) is 1. The normalized spacial score (nSPS) is 12.2. The molecule has 2 aromatic rings. The Morgan fingerprint density at radius 1 is 1.05 bits per heavy atom. The molecule has 1 atom stereocenters. The molecule has 110 valence electrons. The van der Waals surface area contributed by atoms with Crippen LogP contribution in [0.5, 0.6) is 5.75 Å². The summed E-state index contributed by atoms with van der Waals surface area (Å²) in [4.78, 5) is 12.5. The van der Waals surface area contributed by atoms with Crippen molar-refractivity contribution in [2.75, 3.05) is 7.11 Å². The molecule has 0 saturated carbocycles. The molecule has 2 N–H and O–H groups in total. The smallest absolute Gasteiger partial charge is 0.196 e. The minimum Gasteiger partial charge on any atom is -0.496 e. The van der Waals surface area contributed by atoms with Crippen molar-refractivity contribution in [3.8, 4) is 5.75 Å². The van der Waals surface area contributed by atoms with Crippen molar-refractivity contribution < 1.29 is 9.53 Å². The van der Waals surface area contributed by atoms with Crippen LogP contribution in [0, 0.1) is 5.92 Å². The van der Waals surface area contributed by atoms with Crippen molar-refractivity contribution >= 4 is 5.78 Å². The molecule has 0 aliphatic heterocycles. The summed E-state index contributed by atoms with van der Waals surface area (Å²) in [6.45, 7) is 4.16. The third kappa shape index (κ3) is 3.31. The molecule has 0 amide bonds. The van der Waals surface area contributed by atoms with Crippen LogP contribution in [-0.2, 0) is 0 Å². The van der Waals surface area contributed by atoms with Gasteiger partial charge in [-0.15, -0.1) is 0 Å². The quantitative estimate of drug-likeness (QED) is 0.853. The average Bonchev–Trinajstić information content (AvgIpc) is 2.53. The van der Waals surface area contributed by atoms with Crippen LogP contribution < -0.4 is 10.5 Å². The fraction of sp³-hybridized carbons (Fsp3) is 0.278. The second-order valence-electron chi connectivity index (χ2n) is 5.42. The first-order valence-electron chi connectivity index (χ1n) is 7.08. The number of ketones is 1. The summed E-state index contributed by atoms with van der Waals surface area (Å²) in [5.41, 5.74) is 8.37. The zero-order valence-electron chi connectivity index (χ0n) is 12.7. The van der Waals surface area contributed by atoms with Crippen molar-refractivity contribution in [1.29, 1.82) is 0 Å². The van der Waals surface area contributed by atoms with Crippen LogP contribution in [0.4, 0.5) is 0 Å². The highest BCUT2D eigenvalue weighted by Gasteiger charge is 2.15. The van der Waals surface area contributed by atoms with Gasteiger partial charge in [-0.25, -0.2) is 0 Å². The number of carbonyl (C=O) groups is 1. The predicted octanol–water partition coefficient (Wildman–Crippen LogP) is 3.58. The molecule has 0 saturated heterocycles. The van der Waals surface area contributed by atoms with E-state index < -0.39 is 0 Å². The van der Waals surface area contributed by atoms with Gasteiger partial charge in [0.05, 0.1) is 12.7 Å². The number of hydrogen-bond donors (Lipinski definition) is 1. The van der Waals surface area contributed by atoms with E-state index in [-0.39, 0.29) is 11.8 Å². The van der Waals surface area contributed by atoms with E-state index in [1.807, 2.05) is 36.4 Å². The average molecular weight is 283 g/mol. The minimum absolute atomic E-state index is 0.0135. The van der Waals surface area contributed by atoms with Crippen molar-refractivity contribution in [3.05, 3.63) is 65.2 Å². The second-order valence-corrected chi connectivity index (χ2v) is 5.42. The fourth-order valence-corrected chi connectivity index (χ4v) is 2.23. The van der Waals surface area contributed by atoms with Gasteiger partial charge in [-0.1, -0.05) is 50.2 Å². The third-order valence-electron chi connectivity index (χ3n) is 3.63. The number of methoxy groups -OCH3 is 1. The maximum Gasteiger partial charge on any atom is 0.196 e. The highest BCUT2D eigenvalue weighted by Crippen LogP contribution is 2.23. The lowest BCUT2D eigenvalue weighted by molar-refractivity contribution is 0.103. The lowest BCUT2D eigenvalue weighted by Gasteiger charge is -2.16. The fourth-order valence-electron chi connectivity index (χ4n) is 2.23. The van der Waals surface area contributed by atoms with Gasteiger partial charge >= 0.3 is 0 Å². The van der Waals surface area contributed by atoms with Gasteiger partial charge in [0.15, 0.2) is 5.78 Å². The molecule has 0 heterocycles. The number of benzene rings is 2. The largest absolute Gasteiger partial charge is 0.496 e. The number of hydrogen-bond acceptors (Lipinski definition) is 3. The summed E-state index contributed by atoms with van der Waals surface area (Å²) in [7, 11) is 1.57. The zero-order chi connectivity index (χ0) is 15.4. The van der Waals surface area contributed by atoms with E-state index in [2.05, 4.69) is 13.8 Å². The first-order chi connectivity index (χ1) is 10.0. The lowest BCUT2D eigenvalue weighted by atomic mass is 9.94. The predicted molar refractivity (Wildman–Crippen MR) is 84.6 cm³/mol. The maximum atomic E-state index is 12.5. The highest BCUT2D eigenvalue weighted by molar-refractivity contribution is 6.10. The van der Waals surface area contributed by atoms with Gasteiger partial charge in [0.25, 0.3) is 0 Å². The SMILES string of the molecule is COc1ccccc1C(=O)c1ccc(C(N)C(C)C)cc1. The van der Waals surface area contributed by atoms with Crippen LogP contribution in [0.15, 0.2) is 48.5 Å². The Hall–Kier alpha value is -2.13. The van der Waals surface area contributed by atoms with E-state index in [1.165, 1.54) is 0 Å². The van der Waals surface area contributed by atoms with Gasteiger partial charge in [-0.05, 0) is 23.6 Å². The molecule has 0 aromatic heterocycles. The summed E-state index contributed by atoms with van der Waals surface area (Å²) in [5.74, 6) is 0.906. The van der Waals surface area contributed by atoms with Crippen LogP contribution >= 0.6 is 0 Å². The number of carbonyl (C=O) groups excluding carboxylic acids is 1. The Labute approximate surface area is 125 Å². The molecular formula is C18H21NO2. The van der Waals surface area contributed by atoms with E-state index in [0.717, 1.165) is 5.56 Å². The van der Waals surface area contributed by atoms with Gasteiger partial charge in [-0.3, -0.25) is 4.79 Å². The molecule has 0 fully saturated rings. The standard InChI is InChI=1S/C18H21NO2/c1-12(2)17(19)13-8-10-14(11-9-13)18(20)15-6-4-5-7-16(15)21-3/h4-12,17H,19H2,1-3H3. The Balaban J connectivity index is 2.28. The lowest BCUT2D eigenvalue weighted by Crippen LogP contribution is -2.16. The second kappa shape index (κ2) is 6.55. The Kier molecular flexibility index (Phi) is 4.76. The van der Waals surface area contributed by atoms with E-state index in [9.17, 15) is 4.79 Å². The van der Waals surface area contributed by atoms with E-state index in [1.54, 1.807) is 19.2 Å². The van der Waals surface area contributed by atoms with Crippen LogP contribution in [0.2, 0.25) is 0 Å². The van der Waals surface area contributed by atoms with Gasteiger partial charge < -0.3 is 10.5 Å². The number of rotatable bonds is 5. The number of nitrogens with two attached hydrogens (primary N) is 1. The Morgan fingerprint density at radius 3 is 2.24 bits per heavy atom. The van der Waals surface area contributed by atoms with Gasteiger partial charge in [0, 0.05) is 11.6 Å². The molecular weight excluding hydrogens is 262 g/mol. The van der Waals surface area contributed by atoms with Crippen LogP contribution in [-0.4, -0.2) is 12.9 Å². The molecule has 21 heavy (non-hydrogen) atoms. The summed E-state index contributed by atoms with van der Waals surface area (Å²) in [6.07, 6.45) is 0. The van der Waals surface area contributed by atoms with Crippen LogP contribution in [0.25, 0.3) is 0 Å². The highest BCUT2D eigenvalue weighted by atomic mass is 16.5. The summed E-state index contributed by atoms with van der Waals surface area (Å²) in [6, 6.07) is 14.7. The van der Waals surface area contributed by atoms with Gasteiger partial charge in [-0.2, -0.15) is 0 Å². The minimum atomic E-state index is -0.0443. The topological polar surface area (TPSA) is 52.3 Å². The van der Waals surface area contributed by atoms with Crippen molar-refractivity contribution in [2.45, 2.75) is 19.9 Å². The van der Waals surface area contributed by atoms with Gasteiger partial charge in [0.2, 0.25) is 0 Å². The molecule has 1 unspecified atom stereocenters. The molecule has 3 nitrogen and oxygen atoms in total. The van der Waals surface area contributed by atoms with Crippen molar-refractivity contribution in [2.24, 2.45) is 11.7 Å². The van der Waals surface area contributed by atoms with Crippen LogP contribution in [0.1, 0.15) is 41.4 Å². The molecule has 0 radical (unpaired) electrons. The summed E-state index contributed by atoms with van der Waals surface area (Å²) < 4.78 is 5.24. The number of para-hydroxylation sites is 1. The van der Waals surface area contributed by atoms with E-state index in [0.29, 0.717) is 22.8 Å². The van der Waals surface area contributed by atoms with Crippen molar-refractivity contribution in [1.82, 2.24) is 0 Å². The van der Waals surface area contributed by atoms with E-state index in [4.69, 9.17) is 10.5 Å². The molecule has 2 rings (SSSR count). The molecule has 2 aromatic carbocycles. The maximum absolute atomic E-state index is 12.5. The molecule has 3 heteroatoms. The molecule has 0 aliphatic carbocycles. The summed E-state index contributed by atoms with van der Waals surface area (Å²) in [5, 5.41) is 0. The Morgan fingerprint density at radius 2 is 1.67 bits per heavy atom. The van der Waals surface area contributed by atoms with Gasteiger partial charge in [0.1, 0.15) is 5.75 Å². The third-order valence-corrected chi connectivity index (χ3v) is 3.63. The van der Waals surface area contributed by atoms with Crippen molar-refractivity contribution in [3.63, 3.8) is 0 Å². The van der Waals surface area contributed by atoms with Crippen LogP contribution in [0.3, 0.4) is 0 Å². The summed E-state index contributed by atoms with van der Waals surface area (Å²) >= 11 is 0. The first-order valence-corrected chi connectivity index (χ1v) is 7.08. The monoisotopic (exact) mass is 283 g/mol. The molecule has 0 spiro atoms. The van der Waals surface area contributed by atoms with E-state index >= 15 is 0 Å². The first kappa shape index (κ1) is 15.3. The molecule has 0 bridgehead atoms.